The molecule has 17 rings (SSSR count). The van der Waals surface area contributed by atoms with Crippen LogP contribution in [-0.4, -0.2) is 79.1 Å². The van der Waals surface area contributed by atoms with E-state index in [0.717, 1.165) is 168 Å². The van der Waals surface area contributed by atoms with E-state index in [2.05, 4.69) is 333 Å². The molecule has 0 radical (unpaired) electrons. The SMILES string of the molecule is c1ccc(CCCc2cc3c(cc2NCCc2ccccc2)-c2nc-3nc3[nH]c(nc4nc(nc5[nH]c(n2)c2cc(NCCc6ccccc6)c(CCCc6ccccc6)cc52)-c2cc(NCCc5ccccc5)c(NCCc5ccccc5)cc2-4)c2cc(NCCc4ccccc4)c(NCCc4ccccc4)cc32)cc1. The molecule has 0 fully saturated rings. The van der Waals surface area contributed by atoms with Gasteiger partial charge in [0.15, 0.2) is 23.3 Å². The molecule has 2 aliphatic heterocycles. The summed E-state index contributed by atoms with van der Waals surface area (Å²) >= 11 is 0. The van der Waals surface area contributed by atoms with Gasteiger partial charge in [0.05, 0.1) is 22.7 Å². The molecule has 8 bridgehead atoms. The van der Waals surface area contributed by atoms with Crippen LogP contribution in [0.4, 0.5) is 34.1 Å². The van der Waals surface area contributed by atoms with Crippen LogP contribution >= 0.6 is 0 Å². The van der Waals surface area contributed by atoms with Gasteiger partial charge in [0.2, 0.25) is 0 Å². The molecule has 3 aromatic heterocycles. The number of aromatic nitrogens is 8. The van der Waals surface area contributed by atoms with E-state index in [1.54, 1.807) is 0 Å². The van der Waals surface area contributed by atoms with Crippen LogP contribution in [-0.2, 0) is 64.2 Å². The summed E-state index contributed by atoms with van der Waals surface area (Å²) in [5.74, 6) is 2.11. The highest BCUT2D eigenvalue weighted by atomic mass is 15.1. The first-order valence-electron chi connectivity index (χ1n) is 39.7. The first-order valence-corrected chi connectivity index (χ1v) is 39.7. The number of nitrogens with one attached hydrogen (secondary N) is 8. The number of aromatic amines is 2. The molecule has 14 heteroatoms. The minimum atomic E-state index is 0.514. The van der Waals surface area contributed by atoms with Gasteiger partial charge in [0.25, 0.3) is 0 Å². The molecule has 0 spiro atoms. The van der Waals surface area contributed by atoms with E-state index in [1.807, 2.05) is 0 Å². The van der Waals surface area contributed by atoms with E-state index in [0.29, 0.717) is 72.1 Å². The second kappa shape index (κ2) is 34.6. The first-order chi connectivity index (χ1) is 55.5. The predicted octanol–water partition coefficient (Wildman–Crippen LogP) is 21.1. The standard InChI is InChI=1S/C98H92N14/c1-9-27-67(28-10-1)43-25-45-75-59-77-79(61-85(75)99-53-47-69-31-13-3-14-32-69)93-105-91(77)107-95-81-63-87(101-55-49-71-35-17-5-18-36-71)89(103-57-51-73-39-21-7-22-40-73)65-83(81)97(110-95)112-98-84-66-90(104-58-52-74-41-23-8-24-42-74)88(102-56-50-72-37-19-6-20-38-72)64-82(84)96(111-98)108-92-78-60-76(46-26-44-68-29-11-2-12-30-68)86(62-80(78)94(106-92)109-93)100-54-48-70-33-15-4-16-34-70/h1-24,27-42,59-66,99-104H,25-26,43-58H2,(H2,105,106,107,108,109,110,111,112). The van der Waals surface area contributed by atoms with Crippen LogP contribution in [0.15, 0.2) is 291 Å². The average Bonchev–Trinajstić information content (AvgIpc) is 1.59. The summed E-state index contributed by atoms with van der Waals surface area (Å²) in [5, 5.41) is 27.1. The van der Waals surface area contributed by atoms with Crippen molar-refractivity contribution in [2.24, 2.45) is 0 Å². The highest BCUT2D eigenvalue weighted by molar-refractivity contribution is 6.10. The number of anilines is 6. The summed E-state index contributed by atoms with van der Waals surface area (Å²) < 4.78 is 0. The fourth-order valence-corrected chi connectivity index (χ4v) is 15.6. The minimum absolute atomic E-state index is 0.514. The Bertz CT molecular complexity index is 5170. The Kier molecular flexibility index (Phi) is 22.1. The third kappa shape index (κ3) is 17.3. The summed E-state index contributed by atoms with van der Waals surface area (Å²) in [7, 11) is 0. The highest BCUT2D eigenvalue weighted by Gasteiger charge is 2.27. The van der Waals surface area contributed by atoms with Gasteiger partial charge in [-0.05, 0) is 181 Å². The molecule has 8 N–H and O–H groups in total. The van der Waals surface area contributed by atoms with Gasteiger partial charge in [0.1, 0.15) is 22.6 Å². The highest BCUT2D eigenvalue weighted by Crippen LogP contribution is 2.44. The van der Waals surface area contributed by atoms with Crippen molar-refractivity contribution in [3.05, 3.63) is 347 Å². The molecule has 2 aliphatic rings. The van der Waals surface area contributed by atoms with Crippen molar-refractivity contribution in [1.29, 1.82) is 0 Å². The number of hydrogen-bond donors (Lipinski definition) is 8. The van der Waals surface area contributed by atoms with Crippen molar-refractivity contribution in [1.82, 2.24) is 39.9 Å². The number of fused-ring (bicyclic) bond motifs is 20. The first kappa shape index (κ1) is 71.7. The fourth-order valence-electron chi connectivity index (χ4n) is 15.6. The molecule has 15 aromatic rings. The zero-order chi connectivity index (χ0) is 75.0. The second-order valence-electron chi connectivity index (χ2n) is 29.3. The lowest BCUT2D eigenvalue weighted by atomic mass is 9.97. The van der Waals surface area contributed by atoms with Crippen LogP contribution in [0.5, 0.6) is 0 Å². The van der Waals surface area contributed by atoms with Crippen LogP contribution < -0.4 is 31.9 Å². The van der Waals surface area contributed by atoms with Crippen molar-refractivity contribution >= 4 is 78.3 Å². The molecule has 0 saturated heterocycles. The van der Waals surface area contributed by atoms with E-state index in [4.69, 9.17) is 29.9 Å². The van der Waals surface area contributed by atoms with Crippen molar-refractivity contribution in [3.63, 3.8) is 0 Å². The van der Waals surface area contributed by atoms with Crippen LogP contribution in [0.2, 0.25) is 0 Å². The molecule has 5 heterocycles. The fraction of sp³-hybridized carbons (Fsp3) is 0.184. The zero-order valence-corrected chi connectivity index (χ0v) is 63.1. The van der Waals surface area contributed by atoms with E-state index in [1.165, 1.54) is 55.6 Å². The van der Waals surface area contributed by atoms with Crippen LogP contribution in [0.3, 0.4) is 0 Å². The third-order valence-corrected chi connectivity index (χ3v) is 21.5. The maximum Gasteiger partial charge on any atom is 0.164 e. The van der Waals surface area contributed by atoms with Crippen molar-refractivity contribution in [2.75, 3.05) is 71.2 Å². The number of rotatable bonds is 32. The van der Waals surface area contributed by atoms with E-state index in [9.17, 15) is 0 Å². The van der Waals surface area contributed by atoms with Gasteiger partial charge in [-0.25, -0.2) is 29.9 Å². The average molecular weight is 1470 g/mol. The molecule has 0 unspecified atom stereocenters. The predicted molar refractivity (Wildman–Crippen MR) is 465 cm³/mol. The van der Waals surface area contributed by atoms with Gasteiger partial charge in [-0.1, -0.05) is 243 Å². The van der Waals surface area contributed by atoms with Crippen LogP contribution in [0.25, 0.3) is 89.7 Å². The zero-order valence-electron chi connectivity index (χ0n) is 63.1. The lowest BCUT2D eigenvalue weighted by molar-refractivity contribution is 0.820. The Balaban J connectivity index is 0.900. The Labute approximate surface area is 654 Å². The molecule has 0 saturated carbocycles. The number of H-pyrrole nitrogens is 2. The molecule has 0 aliphatic carbocycles. The van der Waals surface area contributed by atoms with Crippen LogP contribution in [0.1, 0.15) is 68.5 Å². The quantitative estimate of drug-likeness (QED) is 0.0200. The monoisotopic (exact) mass is 1460 g/mol. The number of nitrogens with zero attached hydrogens (tertiary/aromatic N) is 6. The molecule has 112 heavy (non-hydrogen) atoms. The van der Waals surface area contributed by atoms with Gasteiger partial charge in [-0.15, -0.1) is 0 Å². The molecule has 554 valence electrons. The number of aryl methyl sites for hydroxylation is 4. The Hall–Kier alpha value is -13.2. The molecular weight excluding hydrogens is 1370 g/mol. The molecule has 14 nitrogen and oxygen atoms in total. The Morgan fingerprint density at radius 3 is 0.705 bits per heavy atom. The second-order valence-corrected chi connectivity index (χ2v) is 29.3. The third-order valence-electron chi connectivity index (χ3n) is 21.5. The normalized spacial score (nSPS) is 11.5. The number of benzene rings is 12. The molecule has 12 aromatic carbocycles. The van der Waals surface area contributed by atoms with Gasteiger partial charge in [-0.3, -0.25) is 0 Å². The van der Waals surface area contributed by atoms with Gasteiger partial charge >= 0.3 is 0 Å². The lowest BCUT2D eigenvalue weighted by Crippen LogP contribution is -2.11. The van der Waals surface area contributed by atoms with E-state index in [-0.39, 0.29) is 0 Å². The minimum Gasteiger partial charge on any atom is -0.384 e. The maximum atomic E-state index is 5.79. The smallest absolute Gasteiger partial charge is 0.164 e. The largest absolute Gasteiger partial charge is 0.384 e. The summed E-state index contributed by atoms with van der Waals surface area (Å²) in [6.45, 7) is 4.24. The maximum absolute atomic E-state index is 5.79. The lowest BCUT2D eigenvalue weighted by Gasteiger charge is -2.16. The number of hydrogen-bond acceptors (Lipinski definition) is 12. The van der Waals surface area contributed by atoms with E-state index >= 15 is 0 Å². The summed E-state index contributed by atoms with van der Waals surface area (Å²) in [5.41, 5.74) is 24.4. The Morgan fingerprint density at radius 2 is 0.411 bits per heavy atom. The van der Waals surface area contributed by atoms with Gasteiger partial charge in [-0.2, -0.15) is 0 Å². The summed E-state index contributed by atoms with van der Waals surface area (Å²) in [6, 6.07) is 104. The van der Waals surface area contributed by atoms with Gasteiger partial charge in [0, 0.05) is 94.4 Å². The van der Waals surface area contributed by atoms with Crippen molar-refractivity contribution in [2.45, 2.75) is 77.0 Å². The van der Waals surface area contributed by atoms with Crippen molar-refractivity contribution in [3.8, 4) is 45.6 Å². The summed E-state index contributed by atoms with van der Waals surface area (Å²) in [6.07, 6.45) is 10.4. The molecule has 0 amide bonds. The topological polar surface area (TPSA) is 181 Å². The van der Waals surface area contributed by atoms with Crippen LogP contribution in [0, 0.1) is 0 Å². The van der Waals surface area contributed by atoms with Gasteiger partial charge < -0.3 is 41.9 Å². The van der Waals surface area contributed by atoms with E-state index < -0.39 is 0 Å². The molecular formula is C98H92N14. The summed E-state index contributed by atoms with van der Waals surface area (Å²) in [4.78, 5) is 42.2. The Morgan fingerprint density at radius 1 is 0.196 bits per heavy atom. The van der Waals surface area contributed by atoms with Crippen molar-refractivity contribution < 1.29 is 0 Å². The molecule has 0 atom stereocenters.